The van der Waals surface area contributed by atoms with Crippen molar-refractivity contribution in [3.63, 3.8) is 0 Å². The molecule has 216 valence electrons. The molecule has 3 aromatic rings. The molecule has 1 aliphatic heterocycles. The number of benzene rings is 3. The summed E-state index contributed by atoms with van der Waals surface area (Å²) >= 11 is 0. The number of likely N-dealkylation sites (tertiary alicyclic amines) is 1. The molecule has 0 unspecified atom stereocenters. The van der Waals surface area contributed by atoms with Crippen molar-refractivity contribution < 1.29 is 26.7 Å². The lowest BCUT2D eigenvalue weighted by Gasteiger charge is -2.44. The number of nitrogens with one attached hydrogen (secondary N) is 1. The van der Waals surface area contributed by atoms with Crippen LogP contribution in [0.3, 0.4) is 0 Å². The number of piperidine rings is 1. The summed E-state index contributed by atoms with van der Waals surface area (Å²) < 4.78 is 66.8. The lowest BCUT2D eigenvalue weighted by atomic mass is 9.68. The first-order chi connectivity index (χ1) is 19.7. The Hall–Kier alpha value is -3.52. The number of nitrogens with zero attached hydrogens (tertiary/aromatic N) is 1. The van der Waals surface area contributed by atoms with Crippen molar-refractivity contribution in [1.29, 1.82) is 0 Å². The zero-order chi connectivity index (χ0) is 29.1. The molecule has 0 saturated carbocycles. The van der Waals surface area contributed by atoms with Crippen LogP contribution in [0.2, 0.25) is 0 Å². The highest BCUT2D eigenvalue weighted by molar-refractivity contribution is 5.83. The summed E-state index contributed by atoms with van der Waals surface area (Å²) in [5.41, 5.74) is 2.40. The van der Waals surface area contributed by atoms with Gasteiger partial charge in [0.05, 0.1) is 5.92 Å². The normalized spacial score (nSPS) is 21.0. The van der Waals surface area contributed by atoms with Crippen molar-refractivity contribution in [3.8, 4) is 0 Å². The van der Waals surface area contributed by atoms with Crippen LogP contribution in [0.25, 0.3) is 6.08 Å². The van der Waals surface area contributed by atoms with Crippen LogP contribution in [0.5, 0.6) is 0 Å². The van der Waals surface area contributed by atoms with E-state index in [-0.39, 0.29) is 23.4 Å². The van der Waals surface area contributed by atoms with Crippen LogP contribution < -0.4 is 5.32 Å². The molecule has 1 amide bonds. The Labute approximate surface area is 237 Å². The van der Waals surface area contributed by atoms with E-state index in [4.69, 9.17) is 0 Å². The SMILES string of the molecule is C[C@H]1CN(CC[C@H](C(=O)NCc2cc(C(F)F)cc(C(F)F)c2)c2ccc(F)cc2)CC[C@@]12C=Cc1ccccc12. The minimum absolute atomic E-state index is 0.00463. The van der Waals surface area contributed by atoms with E-state index < -0.39 is 35.7 Å². The number of alkyl halides is 4. The number of rotatable bonds is 9. The maximum Gasteiger partial charge on any atom is 0.263 e. The van der Waals surface area contributed by atoms with E-state index in [1.807, 2.05) is 0 Å². The lowest BCUT2D eigenvalue weighted by Crippen LogP contribution is -2.48. The van der Waals surface area contributed by atoms with Gasteiger partial charge in [0.1, 0.15) is 5.82 Å². The molecule has 1 spiro atoms. The minimum atomic E-state index is -2.91. The highest BCUT2D eigenvalue weighted by Gasteiger charge is 2.43. The first-order valence-corrected chi connectivity index (χ1v) is 13.9. The summed E-state index contributed by atoms with van der Waals surface area (Å²) in [5.74, 6) is -1.05. The molecule has 1 fully saturated rings. The van der Waals surface area contributed by atoms with Crippen LogP contribution >= 0.6 is 0 Å². The van der Waals surface area contributed by atoms with E-state index in [9.17, 15) is 26.7 Å². The van der Waals surface area contributed by atoms with Crippen molar-refractivity contribution in [1.82, 2.24) is 10.2 Å². The Morgan fingerprint density at radius 2 is 1.66 bits per heavy atom. The van der Waals surface area contributed by atoms with Gasteiger partial charge in [-0.25, -0.2) is 22.0 Å². The summed E-state index contributed by atoms with van der Waals surface area (Å²) in [5, 5.41) is 2.74. The summed E-state index contributed by atoms with van der Waals surface area (Å²) in [6.07, 6.45) is 0.142. The van der Waals surface area contributed by atoms with Crippen LogP contribution in [-0.2, 0) is 16.8 Å². The van der Waals surface area contributed by atoms with E-state index >= 15 is 0 Å². The maximum atomic E-state index is 13.7. The number of fused-ring (bicyclic) bond motifs is 2. The van der Waals surface area contributed by atoms with Gasteiger partial charge in [-0.1, -0.05) is 55.5 Å². The molecule has 8 heteroatoms. The molecule has 3 nitrogen and oxygen atoms in total. The standard InChI is InChI=1S/C33H33F5N2O/c1-21-20-40(15-13-33(21)12-10-24-4-2-3-5-29(24)33)14-11-28(23-6-8-27(34)9-7-23)32(41)39-19-22-16-25(30(35)36)18-26(17-22)31(37)38/h2-10,12,16-18,21,28,30-31H,11,13-15,19-20H2,1H3,(H,39,41)/t21-,28-,33-/m0/s1. The fourth-order valence-electron chi connectivity index (χ4n) is 6.34. The first kappa shape index (κ1) is 29.0. The van der Waals surface area contributed by atoms with E-state index in [2.05, 4.69) is 53.6 Å². The van der Waals surface area contributed by atoms with Crippen LogP contribution in [-0.4, -0.2) is 30.4 Å². The predicted octanol–water partition coefficient (Wildman–Crippen LogP) is 7.80. The molecule has 1 N–H and O–H groups in total. The zero-order valence-electron chi connectivity index (χ0n) is 22.8. The summed E-state index contributed by atoms with van der Waals surface area (Å²) in [6, 6.07) is 17.3. The number of allylic oxidation sites excluding steroid dienone is 1. The molecule has 0 aromatic heterocycles. The van der Waals surface area contributed by atoms with Crippen LogP contribution in [0.15, 0.2) is 72.8 Å². The second-order valence-electron chi connectivity index (χ2n) is 11.1. The number of halogens is 5. The first-order valence-electron chi connectivity index (χ1n) is 13.9. The second kappa shape index (κ2) is 12.1. The lowest BCUT2D eigenvalue weighted by molar-refractivity contribution is -0.123. The Kier molecular flexibility index (Phi) is 8.59. The van der Waals surface area contributed by atoms with Crippen molar-refractivity contribution in [2.45, 2.75) is 50.5 Å². The fraction of sp³-hybridized carbons (Fsp3) is 0.364. The van der Waals surface area contributed by atoms with E-state index in [0.717, 1.165) is 37.7 Å². The van der Waals surface area contributed by atoms with Gasteiger partial charge in [-0.2, -0.15) is 0 Å². The molecular weight excluding hydrogens is 535 g/mol. The van der Waals surface area contributed by atoms with Gasteiger partial charge in [0.2, 0.25) is 5.91 Å². The summed E-state index contributed by atoms with van der Waals surface area (Å²) in [7, 11) is 0. The van der Waals surface area contributed by atoms with E-state index in [1.165, 1.54) is 23.3 Å². The molecule has 2 aliphatic rings. The third-order valence-electron chi connectivity index (χ3n) is 8.61. The zero-order valence-corrected chi connectivity index (χ0v) is 22.8. The van der Waals surface area contributed by atoms with Crippen molar-refractivity contribution in [2.75, 3.05) is 19.6 Å². The summed E-state index contributed by atoms with van der Waals surface area (Å²) in [4.78, 5) is 15.7. The molecule has 3 aromatic carbocycles. The molecule has 0 bridgehead atoms. The Balaban J connectivity index is 1.27. The molecular formula is C33H33F5N2O. The number of carbonyl (C=O) groups is 1. The van der Waals surface area contributed by atoms with Crippen molar-refractivity contribution in [3.05, 3.63) is 112 Å². The van der Waals surface area contributed by atoms with Crippen LogP contribution in [0, 0.1) is 11.7 Å². The molecule has 1 heterocycles. The quantitative estimate of drug-likeness (QED) is 0.267. The molecule has 3 atom stereocenters. The Bertz CT molecular complexity index is 1380. The van der Waals surface area contributed by atoms with Crippen molar-refractivity contribution in [2.24, 2.45) is 5.92 Å². The van der Waals surface area contributed by atoms with Gasteiger partial charge in [0.25, 0.3) is 12.9 Å². The van der Waals surface area contributed by atoms with Crippen molar-refractivity contribution >= 4 is 12.0 Å². The van der Waals surface area contributed by atoms with E-state index in [0.29, 0.717) is 24.4 Å². The molecule has 1 saturated heterocycles. The highest BCUT2D eigenvalue weighted by atomic mass is 19.3. The van der Waals surface area contributed by atoms with Crippen LogP contribution in [0.1, 0.15) is 71.9 Å². The topological polar surface area (TPSA) is 32.3 Å². The van der Waals surface area contributed by atoms with Gasteiger partial charge in [-0.15, -0.1) is 0 Å². The number of hydrogen-bond acceptors (Lipinski definition) is 2. The third kappa shape index (κ3) is 6.22. The van der Waals surface area contributed by atoms with Gasteiger partial charge >= 0.3 is 0 Å². The second-order valence-corrected chi connectivity index (χ2v) is 11.1. The van der Waals surface area contributed by atoms with Gasteiger partial charge in [0.15, 0.2) is 0 Å². The third-order valence-corrected chi connectivity index (χ3v) is 8.61. The molecule has 1 aliphatic carbocycles. The smallest absolute Gasteiger partial charge is 0.263 e. The number of amides is 1. The minimum Gasteiger partial charge on any atom is -0.351 e. The monoisotopic (exact) mass is 568 g/mol. The molecule has 5 rings (SSSR count). The average molecular weight is 569 g/mol. The largest absolute Gasteiger partial charge is 0.351 e. The Morgan fingerprint density at radius 1 is 0.976 bits per heavy atom. The van der Waals surface area contributed by atoms with Gasteiger partial charge < -0.3 is 10.2 Å². The van der Waals surface area contributed by atoms with E-state index in [1.54, 1.807) is 12.1 Å². The van der Waals surface area contributed by atoms with Gasteiger partial charge in [0, 0.05) is 29.6 Å². The number of carbonyl (C=O) groups excluding carboxylic acids is 1. The Morgan fingerprint density at radius 3 is 2.32 bits per heavy atom. The number of hydrogen-bond donors (Lipinski definition) is 1. The maximum absolute atomic E-state index is 13.7. The predicted molar refractivity (Wildman–Crippen MR) is 149 cm³/mol. The summed E-state index contributed by atoms with van der Waals surface area (Å²) in [6.45, 7) is 4.43. The fourth-order valence-corrected chi connectivity index (χ4v) is 6.34. The molecule has 0 radical (unpaired) electrons. The highest BCUT2D eigenvalue weighted by Crippen LogP contribution is 2.46. The van der Waals surface area contributed by atoms with Gasteiger partial charge in [-0.3, -0.25) is 4.79 Å². The van der Waals surface area contributed by atoms with Crippen LogP contribution in [0.4, 0.5) is 22.0 Å². The molecule has 41 heavy (non-hydrogen) atoms. The van der Waals surface area contributed by atoms with Gasteiger partial charge in [-0.05, 0) is 84.4 Å². The average Bonchev–Trinajstić information content (AvgIpc) is 3.34.